The van der Waals surface area contributed by atoms with E-state index in [0.717, 1.165) is 6.07 Å². The molecule has 3 N–H and O–H groups in total. The van der Waals surface area contributed by atoms with Gasteiger partial charge in [-0.1, -0.05) is 28.1 Å². The predicted molar refractivity (Wildman–Crippen MR) is 77.2 cm³/mol. The first kappa shape index (κ1) is 16.0. The maximum atomic E-state index is 13.9. The number of rotatable bonds is 4. The summed E-state index contributed by atoms with van der Waals surface area (Å²) in [5.74, 6) is -3.04. The van der Waals surface area contributed by atoms with Crippen molar-refractivity contribution in [3.8, 4) is 0 Å². The molecular weight excluding hydrogens is 347 g/mol. The largest absolute Gasteiger partial charge is 0.388 e. The van der Waals surface area contributed by atoms with Crippen LogP contribution in [0.15, 0.2) is 40.9 Å². The molecule has 0 fully saturated rings. The molecule has 0 aliphatic rings. The smallest absolute Gasteiger partial charge is 0.130 e. The number of hydrogen-bond acceptors (Lipinski definition) is 2. The van der Waals surface area contributed by atoms with Crippen molar-refractivity contribution in [3.05, 3.63) is 69.4 Å². The lowest BCUT2D eigenvalue weighted by Gasteiger charge is -2.23. The van der Waals surface area contributed by atoms with E-state index in [2.05, 4.69) is 15.9 Å². The van der Waals surface area contributed by atoms with Gasteiger partial charge in [-0.3, -0.25) is 0 Å². The fraction of sp³-hybridized carbons (Fsp3) is 0.200. The van der Waals surface area contributed by atoms with E-state index in [1.165, 1.54) is 18.2 Å². The first-order valence-electron chi connectivity index (χ1n) is 6.22. The maximum absolute atomic E-state index is 13.9. The number of aliphatic hydroxyl groups excluding tert-OH is 1. The van der Waals surface area contributed by atoms with Gasteiger partial charge in [0.05, 0.1) is 6.10 Å². The summed E-state index contributed by atoms with van der Waals surface area (Å²) in [6, 6.07) is 7.16. The van der Waals surface area contributed by atoms with Crippen molar-refractivity contribution in [3.63, 3.8) is 0 Å². The van der Waals surface area contributed by atoms with Crippen molar-refractivity contribution in [2.75, 3.05) is 6.54 Å². The van der Waals surface area contributed by atoms with E-state index in [1.54, 1.807) is 6.07 Å². The van der Waals surface area contributed by atoms with Crippen molar-refractivity contribution < 1.29 is 18.3 Å². The van der Waals surface area contributed by atoms with Crippen LogP contribution in [0.2, 0.25) is 0 Å². The highest BCUT2D eigenvalue weighted by Gasteiger charge is 2.26. The lowest BCUT2D eigenvalue weighted by atomic mass is 9.88. The van der Waals surface area contributed by atoms with Crippen molar-refractivity contribution in [2.24, 2.45) is 5.73 Å². The van der Waals surface area contributed by atoms with Crippen LogP contribution in [0.25, 0.3) is 0 Å². The Balaban J connectivity index is 2.40. The molecule has 0 spiro atoms. The second-order valence-electron chi connectivity index (χ2n) is 4.62. The highest BCUT2D eigenvalue weighted by atomic mass is 79.9. The van der Waals surface area contributed by atoms with Crippen molar-refractivity contribution in [1.29, 1.82) is 0 Å². The third-order valence-corrected chi connectivity index (χ3v) is 3.77. The third kappa shape index (κ3) is 3.45. The molecule has 0 saturated heterocycles. The summed E-state index contributed by atoms with van der Waals surface area (Å²) < 4.78 is 41.2. The Morgan fingerprint density at radius 3 is 2.19 bits per heavy atom. The van der Waals surface area contributed by atoms with Gasteiger partial charge in [-0.15, -0.1) is 0 Å². The third-order valence-electron chi connectivity index (χ3n) is 3.28. The van der Waals surface area contributed by atoms with Crippen molar-refractivity contribution in [1.82, 2.24) is 0 Å². The molecule has 2 aromatic carbocycles. The topological polar surface area (TPSA) is 46.2 Å². The molecule has 0 bridgehead atoms. The fourth-order valence-electron chi connectivity index (χ4n) is 2.19. The number of hydrogen-bond donors (Lipinski definition) is 2. The van der Waals surface area contributed by atoms with Crippen LogP contribution in [0.4, 0.5) is 13.2 Å². The van der Waals surface area contributed by atoms with Crippen molar-refractivity contribution in [2.45, 2.75) is 12.0 Å². The van der Waals surface area contributed by atoms with Crippen LogP contribution in [-0.2, 0) is 0 Å². The van der Waals surface area contributed by atoms with Gasteiger partial charge in [-0.2, -0.15) is 0 Å². The first-order chi connectivity index (χ1) is 9.93. The Hall–Kier alpha value is -1.37. The van der Waals surface area contributed by atoms with Gasteiger partial charge in [0.25, 0.3) is 0 Å². The average molecular weight is 360 g/mol. The standard InChI is InChI=1S/C15H13BrF3NO/c16-8-1-3-11(13(18)5-8)15(21)12(7-20)10-4-2-9(17)6-14(10)19/h1-6,12,15,21H,7,20H2. The normalized spacial score (nSPS) is 14.0. The molecular formula is C15H13BrF3NO. The molecule has 2 unspecified atom stereocenters. The highest BCUT2D eigenvalue weighted by molar-refractivity contribution is 9.10. The van der Waals surface area contributed by atoms with Gasteiger partial charge in [0.15, 0.2) is 0 Å². The van der Waals surface area contributed by atoms with Gasteiger partial charge >= 0.3 is 0 Å². The van der Waals surface area contributed by atoms with E-state index in [4.69, 9.17) is 5.73 Å². The number of aliphatic hydroxyl groups is 1. The zero-order valence-corrected chi connectivity index (χ0v) is 12.4. The Morgan fingerprint density at radius 2 is 1.62 bits per heavy atom. The zero-order valence-electron chi connectivity index (χ0n) is 10.9. The summed E-state index contributed by atoms with van der Waals surface area (Å²) in [6.07, 6.45) is -1.33. The Labute approximate surface area is 128 Å². The van der Waals surface area contributed by atoms with Crippen LogP contribution in [-0.4, -0.2) is 11.7 Å². The molecule has 0 aromatic heterocycles. The molecule has 21 heavy (non-hydrogen) atoms. The first-order valence-corrected chi connectivity index (χ1v) is 7.01. The quantitative estimate of drug-likeness (QED) is 0.875. The molecule has 112 valence electrons. The Morgan fingerprint density at radius 1 is 1.00 bits per heavy atom. The Bertz CT molecular complexity index is 651. The average Bonchev–Trinajstić information content (AvgIpc) is 2.41. The number of halogens is 4. The van der Waals surface area contributed by atoms with Gasteiger partial charge in [0.2, 0.25) is 0 Å². The highest BCUT2D eigenvalue weighted by Crippen LogP contribution is 2.33. The van der Waals surface area contributed by atoms with Crippen LogP contribution < -0.4 is 5.73 Å². The number of nitrogens with two attached hydrogens (primary N) is 1. The van der Waals surface area contributed by atoms with Crippen LogP contribution in [0.1, 0.15) is 23.1 Å². The monoisotopic (exact) mass is 359 g/mol. The summed E-state index contributed by atoms with van der Waals surface area (Å²) in [6.45, 7) is -0.112. The van der Waals surface area contributed by atoms with E-state index in [9.17, 15) is 18.3 Å². The summed E-state index contributed by atoms with van der Waals surface area (Å²) in [5, 5.41) is 10.3. The second kappa shape index (κ2) is 6.60. The lowest BCUT2D eigenvalue weighted by molar-refractivity contribution is 0.141. The van der Waals surface area contributed by atoms with Gasteiger partial charge in [-0.05, 0) is 23.8 Å². The van der Waals surface area contributed by atoms with Crippen LogP contribution in [0.3, 0.4) is 0 Å². The second-order valence-corrected chi connectivity index (χ2v) is 5.53. The molecule has 2 rings (SSSR count). The van der Waals surface area contributed by atoms with Gasteiger partial charge in [0, 0.05) is 28.6 Å². The van der Waals surface area contributed by atoms with E-state index in [-0.39, 0.29) is 17.7 Å². The summed E-state index contributed by atoms with van der Waals surface area (Å²) in [7, 11) is 0. The van der Waals surface area contributed by atoms with E-state index in [0.29, 0.717) is 10.5 Å². The van der Waals surface area contributed by atoms with E-state index in [1.807, 2.05) is 0 Å². The van der Waals surface area contributed by atoms with Crippen LogP contribution in [0, 0.1) is 17.5 Å². The number of benzene rings is 2. The SMILES string of the molecule is NCC(c1ccc(F)cc1F)C(O)c1ccc(Br)cc1F. The van der Waals surface area contributed by atoms with E-state index < -0.39 is 29.5 Å². The Kier molecular flexibility index (Phi) is 5.03. The molecule has 0 aliphatic heterocycles. The summed E-state index contributed by atoms with van der Waals surface area (Å²) >= 11 is 3.12. The summed E-state index contributed by atoms with van der Waals surface area (Å²) in [4.78, 5) is 0. The lowest BCUT2D eigenvalue weighted by Crippen LogP contribution is -2.22. The molecule has 0 aliphatic carbocycles. The van der Waals surface area contributed by atoms with E-state index >= 15 is 0 Å². The molecule has 2 aromatic rings. The summed E-state index contributed by atoms with van der Waals surface area (Å²) in [5.41, 5.74) is 5.64. The van der Waals surface area contributed by atoms with Gasteiger partial charge < -0.3 is 10.8 Å². The fourth-order valence-corrected chi connectivity index (χ4v) is 2.52. The van der Waals surface area contributed by atoms with Gasteiger partial charge in [-0.25, -0.2) is 13.2 Å². The molecule has 0 radical (unpaired) electrons. The molecule has 2 nitrogen and oxygen atoms in total. The van der Waals surface area contributed by atoms with Gasteiger partial charge in [0.1, 0.15) is 17.5 Å². The minimum absolute atomic E-state index is 0.0115. The van der Waals surface area contributed by atoms with Crippen LogP contribution >= 0.6 is 15.9 Å². The minimum atomic E-state index is -1.33. The molecule has 0 amide bonds. The zero-order chi connectivity index (χ0) is 15.6. The van der Waals surface area contributed by atoms with Crippen molar-refractivity contribution >= 4 is 15.9 Å². The molecule has 0 heterocycles. The maximum Gasteiger partial charge on any atom is 0.130 e. The predicted octanol–water partition coefficient (Wildman–Crippen LogP) is 3.64. The molecule has 0 saturated carbocycles. The minimum Gasteiger partial charge on any atom is -0.388 e. The molecule has 6 heteroatoms. The molecule has 2 atom stereocenters. The van der Waals surface area contributed by atoms with Crippen LogP contribution in [0.5, 0.6) is 0 Å².